The van der Waals surface area contributed by atoms with E-state index in [2.05, 4.69) is 10.3 Å². The van der Waals surface area contributed by atoms with E-state index >= 15 is 0 Å². The lowest BCUT2D eigenvalue weighted by Gasteiger charge is -2.22. The van der Waals surface area contributed by atoms with Crippen molar-refractivity contribution in [3.8, 4) is 0 Å². The summed E-state index contributed by atoms with van der Waals surface area (Å²) in [5.74, 6) is -0.208. The number of carbonyl (C=O) groups is 1. The van der Waals surface area contributed by atoms with E-state index in [4.69, 9.17) is 10.4 Å². The molecule has 1 aromatic heterocycles. The topological polar surface area (TPSA) is 77.2 Å². The predicted octanol–water partition coefficient (Wildman–Crippen LogP) is -0.351. The Balaban J connectivity index is 2.11. The van der Waals surface area contributed by atoms with Crippen LogP contribution in [0, 0.1) is 0 Å². The summed E-state index contributed by atoms with van der Waals surface area (Å²) in [7, 11) is 0.346. The molecule has 78 valence electrons. The average molecular weight is 205 g/mol. The van der Waals surface area contributed by atoms with Gasteiger partial charge in [-0.2, -0.15) is 0 Å². The van der Waals surface area contributed by atoms with Crippen LogP contribution in [0.25, 0.3) is 0 Å². The van der Waals surface area contributed by atoms with Crippen molar-refractivity contribution in [2.75, 3.05) is 12.0 Å². The van der Waals surface area contributed by atoms with Crippen LogP contribution in [0.2, 0.25) is 5.82 Å². The number of nitrogens with one attached hydrogen (secondary N) is 1. The van der Waals surface area contributed by atoms with Crippen molar-refractivity contribution in [3.05, 3.63) is 24.0 Å². The smallest absolute Gasteiger partial charge is 0.289 e. The van der Waals surface area contributed by atoms with Crippen molar-refractivity contribution in [1.82, 2.24) is 4.98 Å². The Labute approximate surface area is 88.3 Å². The monoisotopic (exact) mass is 205 g/mol. The Kier molecular flexibility index (Phi) is 2.98. The summed E-state index contributed by atoms with van der Waals surface area (Å²) in [6, 6.07) is 3.65. The SMILES string of the molecule is NCOBC1Cc2ncccc2NC1=O. The first kappa shape index (κ1) is 10.1. The standard InChI is InChI=1S/C9H12BN3O2/c11-5-15-10-6-4-8-7(13-9(6)14)2-1-3-12-8/h1-3,6,10H,4-5,11H2,(H,13,14). The number of pyridine rings is 1. The van der Waals surface area contributed by atoms with Gasteiger partial charge in [-0.1, -0.05) is 0 Å². The summed E-state index contributed by atoms with van der Waals surface area (Å²) < 4.78 is 5.05. The fourth-order valence-corrected chi connectivity index (χ4v) is 1.62. The number of hydrogen-bond acceptors (Lipinski definition) is 4. The molecule has 3 N–H and O–H groups in total. The van der Waals surface area contributed by atoms with Gasteiger partial charge in [0.1, 0.15) is 0 Å². The van der Waals surface area contributed by atoms with Crippen molar-refractivity contribution in [1.29, 1.82) is 0 Å². The molecule has 2 heterocycles. The van der Waals surface area contributed by atoms with Crippen LogP contribution in [-0.4, -0.2) is 25.1 Å². The van der Waals surface area contributed by atoms with Gasteiger partial charge >= 0.3 is 0 Å². The molecule has 0 spiro atoms. The number of anilines is 1. The van der Waals surface area contributed by atoms with Gasteiger partial charge in [-0.3, -0.25) is 9.78 Å². The van der Waals surface area contributed by atoms with Gasteiger partial charge in [-0.25, -0.2) is 0 Å². The van der Waals surface area contributed by atoms with Crippen LogP contribution in [0.3, 0.4) is 0 Å². The van der Waals surface area contributed by atoms with Gasteiger partial charge in [0, 0.05) is 12.0 Å². The number of nitrogens with two attached hydrogens (primary N) is 1. The maximum absolute atomic E-state index is 11.6. The fraction of sp³-hybridized carbons (Fsp3) is 0.333. The molecule has 2 rings (SSSR count). The molecule has 1 aliphatic heterocycles. The third kappa shape index (κ3) is 2.16. The lowest BCUT2D eigenvalue weighted by atomic mass is 9.74. The first-order valence-corrected chi connectivity index (χ1v) is 4.84. The van der Waals surface area contributed by atoms with Crippen molar-refractivity contribution in [2.24, 2.45) is 5.73 Å². The molecular weight excluding hydrogens is 193 g/mol. The molecule has 1 aromatic rings. The van der Waals surface area contributed by atoms with Crippen LogP contribution in [0.1, 0.15) is 5.69 Å². The van der Waals surface area contributed by atoms with Crippen LogP contribution in [0.15, 0.2) is 18.3 Å². The number of nitrogens with zero attached hydrogens (tertiary/aromatic N) is 1. The van der Waals surface area contributed by atoms with Crippen LogP contribution in [0.5, 0.6) is 0 Å². The van der Waals surface area contributed by atoms with Crippen molar-refractivity contribution < 1.29 is 9.45 Å². The minimum Gasteiger partial charge on any atom is -0.427 e. The minimum absolute atomic E-state index is 0.0241. The molecule has 1 atom stereocenters. The molecule has 0 fully saturated rings. The van der Waals surface area contributed by atoms with E-state index in [1.807, 2.05) is 6.07 Å². The average Bonchev–Trinajstić information content (AvgIpc) is 2.26. The zero-order chi connectivity index (χ0) is 10.7. The zero-order valence-corrected chi connectivity index (χ0v) is 8.27. The molecule has 1 amide bonds. The highest BCUT2D eigenvalue weighted by Crippen LogP contribution is 2.25. The van der Waals surface area contributed by atoms with Crippen LogP contribution >= 0.6 is 0 Å². The fourth-order valence-electron chi connectivity index (χ4n) is 1.62. The molecule has 1 aliphatic rings. The third-order valence-corrected chi connectivity index (χ3v) is 2.40. The Hall–Kier alpha value is -1.40. The van der Waals surface area contributed by atoms with Crippen LogP contribution in [-0.2, 0) is 15.9 Å². The second-order valence-corrected chi connectivity index (χ2v) is 3.43. The lowest BCUT2D eigenvalue weighted by molar-refractivity contribution is -0.116. The van der Waals surface area contributed by atoms with Gasteiger partial charge < -0.3 is 15.7 Å². The molecule has 1 unspecified atom stereocenters. The zero-order valence-electron chi connectivity index (χ0n) is 8.27. The van der Waals surface area contributed by atoms with E-state index in [9.17, 15) is 4.79 Å². The normalized spacial score (nSPS) is 19.3. The molecule has 0 radical (unpaired) electrons. The van der Waals surface area contributed by atoms with Crippen LogP contribution in [0.4, 0.5) is 5.69 Å². The van der Waals surface area contributed by atoms with Gasteiger partial charge in [0.15, 0.2) is 0 Å². The maximum Gasteiger partial charge on any atom is 0.289 e. The maximum atomic E-state index is 11.6. The molecule has 0 saturated carbocycles. The quantitative estimate of drug-likeness (QED) is 0.522. The highest BCUT2D eigenvalue weighted by atomic mass is 16.4. The first-order valence-electron chi connectivity index (χ1n) is 4.84. The Morgan fingerprint density at radius 2 is 2.60 bits per heavy atom. The van der Waals surface area contributed by atoms with Gasteiger partial charge in [0.2, 0.25) is 5.91 Å². The Bertz CT molecular complexity index is 372. The summed E-state index contributed by atoms with van der Waals surface area (Å²) in [4.78, 5) is 15.8. The van der Waals surface area contributed by atoms with Crippen molar-refractivity contribution in [3.63, 3.8) is 0 Å². The van der Waals surface area contributed by atoms with Crippen LogP contribution < -0.4 is 11.1 Å². The first-order chi connectivity index (χ1) is 7.31. The van der Waals surface area contributed by atoms with E-state index < -0.39 is 0 Å². The van der Waals surface area contributed by atoms with E-state index in [-0.39, 0.29) is 18.5 Å². The van der Waals surface area contributed by atoms with Crippen molar-refractivity contribution in [2.45, 2.75) is 12.2 Å². The summed E-state index contributed by atoms with van der Waals surface area (Å²) >= 11 is 0. The second kappa shape index (κ2) is 4.42. The number of aromatic nitrogens is 1. The minimum atomic E-state index is -0.184. The molecule has 15 heavy (non-hydrogen) atoms. The van der Waals surface area contributed by atoms with Gasteiger partial charge in [0.25, 0.3) is 7.48 Å². The highest BCUT2D eigenvalue weighted by Gasteiger charge is 2.27. The third-order valence-electron chi connectivity index (χ3n) is 2.40. The number of rotatable bonds is 3. The largest absolute Gasteiger partial charge is 0.427 e. The number of hydrogen-bond donors (Lipinski definition) is 2. The highest BCUT2D eigenvalue weighted by molar-refractivity contribution is 6.39. The molecule has 5 nitrogen and oxygen atoms in total. The molecular formula is C9H12BN3O2. The van der Waals surface area contributed by atoms with E-state index in [0.717, 1.165) is 11.4 Å². The molecule has 0 aliphatic carbocycles. The Morgan fingerprint density at radius 1 is 1.73 bits per heavy atom. The predicted molar refractivity (Wildman–Crippen MR) is 57.6 cm³/mol. The summed E-state index contributed by atoms with van der Waals surface area (Å²) in [6.45, 7) is 0.138. The van der Waals surface area contributed by atoms with E-state index in [1.54, 1.807) is 12.3 Å². The van der Waals surface area contributed by atoms with E-state index in [0.29, 0.717) is 13.9 Å². The second-order valence-electron chi connectivity index (χ2n) is 3.43. The molecule has 0 bridgehead atoms. The van der Waals surface area contributed by atoms with Gasteiger partial charge in [-0.05, 0) is 18.6 Å². The number of carbonyl (C=O) groups excluding carboxylic acids is 1. The summed E-state index contributed by atoms with van der Waals surface area (Å²) in [5.41, 5.74) is 6.92. The number of fused-ring (bicyclic) bond motifs is 1. The summed E-state index contributed by atoms with van der Waals surface area (Å²) in [6.07, 6.45) is 2.33. The Morgan fingerprint density at radius 3 is 3.40 bits per heavy atom. The van der Waals surface area contributed by atoms with Gasteiger partial charge in [0.05, 0.1) is 18.1 Å². The van der Waals surface area contributed by atoms with E-state index in [1.165, 1.54) is 0 Å². The van der Waals surface area contributed by atoms with Crippen molar-refractivity contribution >= 4 is 19.1 Å². The lowest BCUT2D eigenvalue weighted by Crippen LogP contribution is -2.31. The molecule has 0 aromatic carbocycles. The number of amides is 1. The summed E-state index contributed by atoms with van der Waals surface area (Å²) in [5, 5.41) is 2.80. The van der Waals surface area contributed by atoms with Gasteiger partial charge in [-0.15, -0.1) is 0 Å². The molecule has 6 heteroatoms. The molecule has 0 saturated heterocycles.